The predicted molar refractivity (Wildman–Crippen MR) is 171 cm³/mol. The first-order valence-corrected chi connectivity index (χ1v) is 15.9. The maximum absolute atomic E-state index is 12.9. The van der Waals surface area contributed by atoms with E-state index in [9.17, 15) is 8.42 Å². The van der Waals surface area contributed by atoms with Crippen molar-refractivity contribution in [3.63, 3.8) is 0 Å². The minimum absolute atomic E-state index is 0.305. The number of hydrogen-bond acceptors (Lipinski definition) is 6. The minimum Gasteiger partial charge on any atom is -0.497 e. The van der Waals surface area contributed by atoms with Crippen LogP contribution in [-0.2, 0) is 10.0 Å². The zero-order chi connectivity index (χ0) is 29.5. The second kappa shape index (κ2) is 13.4. The Morgan fingerprint density at radius 1 is 0.857 bits per heavy atom. The molecule has 0 unspecified atom stereocenters. The zero-order valence-corrected chi connectivity index (χ0v) is 25.0. The summed E-state index contributed by atoms with van der Waals surface area (Å²) in [4.78, 5) is 0.314. The first kappa shape index (κ1) is 29.6. The van der Waals surface area contributed by atoms with E-state index in [1.165, 1.54) is 0 Å². The molecule has 9 heteroatoms. The van der Waals surface area contributed by atoms with Crippen LogP contribution in [0.2, 0.25) is 0 Å². The molecule has 1 fully saturated rings. The largest absolute Gasteiger partial charge is 0.497 e. The Hall–Kier alpha value is -3.92. The van der Waals surface area contributed by atoms with E-state index in [0.29, 0.717) is 29.1 Å². The number of nitrogens with one attached hydrogen (secondary N) is 4. The maximum atomic E-state index is 12.9. The number of methoxy groups -OCH3 is 1. The van der Waals surface area contributed by atoms with Crippen molar-refractivity contribution in [2.75, 3.05) is 37.6 Å². The van der Waals surface area contributed by atoms with Crippen LogP contribution in [0.25, 0.3) is 10.8 Å². The summed E-state index contributed by atoms with van der Waals surface area (Å²) in [7, 11) is 0.0543. The first-order valence-electron chi connectivity index (χ1n) is 14.4. The van der Waals surface area contributed by atoms with Crippen LogP contribution in [0, 0.1) is 17.2 Å². The van der Waals surface area contributed by atoms with Crippen LogP contribution in [0.3, 0.4) is 0 Å². The van der Waals surface area contributed by atoms with E-state index >= 15 is 0 Å². The molecule has 0 aromatic heterocycles. The van der Waals surface area contributed by atoms with Gasteiger partial charge in [-0.25, -0.2) is 18.6 Å². The SMILES string of the molecule is COc1cccc(NC(=N)c2ccccc2N(C)NC[C@H]2CC[C@H](CNS(=O)(=O)c3ccc4ccccc4c3)CC2)c1. The predicted octanol–water partition coefficient (Wildman–Crippen LogP) is 6.01. The molecule has 4 N–H and O–H groups in total. The van der Waals surface area contributed by atoms with E-state index in [4.69, 9.17) is 10.1 Å². The van der Waals surface area contributed by atoms with Gasteiger partial charge < -0.3 is 15.1 Å². The summed E-state index contributed by atoms with van der Waals surface area (Å²) in [5.41, 5.74) is 6.02. The Balaban J connectivity index is 1.10. The molecular weight excluding hydrogens is 546 g/mol. The molecule has 8 nitrogen and oxygen atoms in total. The lowest BCUT2D eigenvalue weighted by molar-refractivity contribution is 0.268. The van der Waals surface area contributed by atoms with Crippen molar-refractivity contribution in [1.82, 2.24) is 10.1 Å². The number of rotatable bonds is 11. The molecule has 4 aromatic carbocycles. The summed E-state index contributed by atoms with van der Waals surface area (Å²) in [5, 5.41) is 15.8. The van der Waals surface area contributed by atoms with Crippen molar-refractivity contribution < 1.29 is 13.2 Å². The van der Waals surface area contributed by atoms with Gasteiger partial charge in [0, 0.05) is 37.5 Å². The Bertz CT molecular complexity index is 1630. The highest BCUT2D eigenvalue weighted by Gasteiger charge is 2.24. The van der Waals surface area contributed by atoms with E-state index in [0.717, 1.165) is 65.7 Å². The summed E-state index contributed by atoms with van der Waals surface area (Å²) in [6, 6.07) is 28.4. The maximum Gasteiger partial charge on any atom is 0.240 e. The number of benzene rings is 4. The Morgan fingerprint density at radius 3 is 2.31 bits per heavy atom. The molecule has 0 saturated heterocycles. The molecule has 1 aliphatic carbocycles. The highest BCUT2D eigenvalue weighted by atomic mass is 32.2. The van der Waals surface area contributed by atoms with Gasteiger partial charge in [-0.05, 0) is 84.7 Å². The van der Waals surface area contributed by atoms with Crippen molar-refractivity contribution in [2.45, 2.75) is 30.6 Å². The van der Waals surface area contributed by atoms with Crippen LogP contribution in [-0.4, -0.2) is 41.5 Å². The Morgan fingerprint density at radius 2 is 1.55 bits per heavy atom. The molecule has 1 saturated carbocycles. The smallest absolute Gasteiger partial charge is 0.240 e. The number of para-hydroxylation sites is 1. The fourth-order valence-corrected chi connectivity index (χ4v) is 6.68. The summed E-state index contributed by atoms with van der Waals surface area (Å²) >= 11 is 0. The zero-order valence-electron chi connectivity index (χ0n) is 24.1. The number of hydrogen-bond donors (Lipinski definition) is 4. The van der Waals surface area contributed by atoms with Gasteiger partial charge in [0.15, 0.2) is 0 Å². The lowest BCUT2D eigenvalue weighted by Crippen LogP contribution is -2.40. The summed E-state index contributed by atoms with van der Waals surface area (Å²) in [5.74, 6) is 1.87. The highest BCUT2D eigenvalue weighted by molar-refractivity contribution is 7.89. The van der Waals surface area contributed by atoms with Crippen LogP contribution in [0.4, 0.5) is 11.4 Å². The average molecular weight is 586 g/mol. The van der Waals surface area contributed by atoms with Crippen LogP contribution in [0.15, 0.2) is 95.9 Å². The fraction of sp³-hybridized carbons (Fsp3) is 0.303. The lowest BCUT2D eigenvalue weighted by atomic mass is 9.82. The molecule has 220 valence electrons. The second-order valence-corrected chi connectivity index (χ2v) is 12.7. The van der Waals surface area contributed by atoms with Crippen molar-refractivity contribution in [3.8, 4) is 5.75 Å². The van der Waals surface area contributed by atoms with E-state index in [1.54, 1.807) is 19.2 Å². The van der Waals surface area contributed by atoms with Crippen LogP contribution in [0.5, 0.6) is 5.75 Å². The van der Waals surface area contributed by atoms with Crippen molar-refractivity contribution in [2.24, 2.45) is 11.8 Å². The van der Waals surface area contributed by atoms with Gasteiger partial charge in [-0.3, -0.25) is 5.41 Å². The van der Waals surface area contributed by atoms with Crippen LogP contribution >= 0.6 is 0 Å². The third-order valence-electron chi connectivity index (χ3n) is 8.05. The topological polar surface area (TPSA) is 107 Å². The normalized spacial score (nSPS) is 17.1. The quantitative estimate of drug-likeness (QED) is 0.0976. The third kappa shape index (κ3) is 7.28. The highest BCUT2D eigenvalue weighted by Crippen LogP contribution is 2.29. The Labute approximate surface area is 248 Å². The molecule has 0 spiro atoms. The first-order chi connectivity index (χ1) is 20.3. The van der Waals surface area contributed by atoms with Gasteiger partial charge in [-0.2, -0.15) is 0 Å². The summed E-state index contributed by atoms with van der Waals surface area (Å²) in [6.45, 7) is 1.28. The van der Waals surface area contributed by atoms with Gasteiger partial charge in [-0.15, -0.1) is 0 Å². The minimum atomic E-state index is -3.55. The van der Waals surface area contributed by atoms with Gasteiger partial charge >= 0.3 is 0 Å². The van der Waals surface area contributed by atoms with E-state index in [-0.39, 0.29) is 0 Å². The molecule has 5 rings (SSSR count). The Kier molecular flexibility index (Phi) is 9.41. The number of sulfonamides is 1. The average Bonchev–Trinajstić information content (AvgIpc) is 3.03. The standard InChI is InChI=1S/C33H39N5O3S/c1-38(32-13-6-5-12-31(32)33(34)37-28-10-7-11-29(21-28)41-2)35-22-24-14-16-25(17-15-24)23-36-42(39,40)30-19-18-26-8-3-4-9-27(26)20-30/h3-13,18-21,24-25,35-36H,14-17,22-23H2,1-2H3,(H2,34,37)/t24-,25-. The van der Waals surface area contributed by atoms with Gasteiger partial charge in [0.1, 0.15) is 11.6 Å². The molecule has 42 heavy (non-hydrogen) atoms. The van der Waals surface area contributed by atoms with Gasteiger partial charge in [0.2, 0.25) is 10.0 Å². The fourth-order valence-electron chi connectivity index (χ4n) is 5.53. The molecule has 0 amide bonds. The van der Waals surface area contributed by atoms with Gasteiger partial charge in [-0.1, -0.05) is 48.5 Å². The molecule has 0 radical (unpaired) electrons. The van der Waals surface area contributed by atoms with Crippen molar-refractivity contribution >= 4 is 38.0 Å². The number of ether oxygens (including phenoxy) is 1. The van der Waals surface area contributed by atoms with E-state index in [2.05, 4.69) is 15.5 Å². The summed E-state index contributed by atoms with van der Waals surface area (Å²) in [6.07, 6.45) is 4.06. The number of amidine groups is 1. The summed E-state index contributed by atoms with van der Waals surface area (Å²) < 4.78 is 34.1. The molecule has 0 bridgehead atoms. The number of hydrazine groups is 1. The molecule has 0 heterocycles. The molecule has 0 aliphatic heterocycles. The van der Waals surface area contributed by atoms with Gasteiger partial charge in [0.25, 0.3) is 0 Å². The number of fused-ring (bicyclic) bond motifs is 1. The van der Waals surface area contributed by atoms with Crippen molar-refractivity contribution in [1.29, 1.82) is 5.41 Å². The molecule has 1 aliphatic rings. The second-order valence-electron chi connectivity index (χ2n) is 10.9. The molecule has 4 aromatic rings. The lowest BCUT2D eigenvalue weighted by Gasteiger charge is -2.31. The number of nitrogens with zero attached hydrogens (tertiary/aromatic N) is 1. The van der Waals surface area contributed by atoms with E-state index in [1.807, 2.05) is 90.9 Å². The molecular formula is C33H39N5O3S. The van der Waals surface area contributed by atoms with Gasteiger partial charge in [0.05, 0.1) is 17.7 Å². The third-order valence-corrected chi connectivity index (χ3v) is 9.47. The monoisotopic (exact) mass is 585 g/mol. The van der Waals surface area contributed by atoms with Crippen LogP contribution in [0.1, 0.15) is 31.2 Å². The van der Waals surface area contributed by atoms with Crippen LogP contribution < -0.4 is 25.2 Å². The number of anilines is 2. The van der Waals surface area contributed by atoms with Crippen molar-refractivity contribution in [3.05, 3.63) is 96.6 Å². The van der Waals surface area contributed by atoms with E-state index < -0.39 is 10.0 Å². The molecule has 0 atom stereocenters.